The summed E-state index contributed by atoms with van der Waals surface area (Å²) in [4.78, 5) is 0. The van der Waals surface area contributed by atoms with E-state index >= 15 is 0 Å². The SMILES string of the molecule is C1COCCO1.C1COCCO1.C1COCCO1.C1COCCO1.C1COCCO1.C1COCCO1.C1COCCO1.C1COCCO1.C1COCCO1.Cc1cc(Br)cc(C)c1[O-].Cc1cc(Br)cc(C)c1[O-].Cc1cc(Br)cc(C)c1[O-].Cc1cc(Br)cc(C)c1[O-].Cc1cc(Br)cc(C)c1[O-].Cc1cc(Br)cc(C)c1[O-].Cc1cc(Br)cc(C)c1[O-].Cc1cc(Br)cc(C)c1[O-].[Li+].[Li+].[Li+].[Li+].[Li+].[Li+].[Li+].[Li+]. The van der Waals surface area contributed by atoms with Gasteiger partial charge in [0.05, 0.1) is 238 Å². The summed E-state index contributed by atoms with van der Waals surface area (Å²) in [5.41, 5.74) is 12.8. The molecule has 0 aromatic heterocycles. The fourth-order valence-electron chi connectivity index (χ4n) is 11.1. The Labute approximate surface area is 1010 Å². The third kappa shape index (κ3) is 81.7. The van der Waals surface area contributed by atoms with Crippen LogP contribution in [0.15, 0.2) is 133 Å². The molecule has 0 aliphatic carbocycles. The van der Waals surface area contributed by atoms with Crippen molar-refractivity contribution in [3.63, 3.8) is 0 Å². The first-order valence-electron chi connectivity index (χ1n) is 43.8. The number of hydrogen-bond donors (Lipinski definition) is 0. The van der Waals surface area contributed by atoms with Crippen molar-refractivity contribution in [1.29, 1.82) is 0 Å². The van der Waals surface area contributed by atoms with Gasteiger partial charge in [0.1, 0.15) is 0 Å². The summed E-state index contributed by atoms with van der Waals surface area (Å²) in [6.07, 6.45) is 0. The third-order valence-electron chi connectivity index (χ3n) is 18.1. The van der Waals surface area contributed by atoms with E-state index in [0.717, 1.165) is 363 Å². The van der Waals surface area contributed by atoms with Crippen LogP contribution in [0, 0.1) is 111 Å². The van der Waals surface area contributed by atoms with Crippen LogP contribution in [0.5, 0.6) is 46.0 Å². The Morgan fingerprint density at radius 3 is 0.197 bits per heavy atom. The minimum Gasteiger partial charge on any atom is -0.872 e. The summed E-state index contributed by atoms with van der Waals surface area (Å²) in [6, 6.07) is 29.3. The van der Waals surface area contributed by atoms with E-state index in [9.17, 15) is 40.9 Å². The maximum atomic E-state index is 11.1. The van der Waals surface area contributed by atoms with E-state index < -0.39 is 0 Å². The quantitative estimate of drug-likeness (QED) is 0.127. The predicted octanol–water partition coefficient (Wildman–Crippen LogP) is -6.55. The second-order valence-electron chi connectivity index (χ2n) is 30.0. The molecule has 0 amide bonds. The van der Waals surface area contributed by atoms with Crippen LogP contribution in [-0.2, 0) is 85.3 Å². The van der Waals surface area contributed by atoms with Gasteiger partial charge >= 0.3 is 151 Å². The maximum Gasteiger partial charge on any atom is 1.00 e. The van der Waals surface area contributed by atoms with Crippen LogP contribution >= 0.6 is 127 Å². The van der Waals surface area contributed by atoms with E-state index in [-0.39, 0.29) is 197 Å². The first-order valence-corrected chi connectivity index (χ1v) is 50.1. The average Bonchev–Trinajstić information content (AvgIpc) is 0.910. The fourth-order valence-corrected chi connectivity index (χ4v) is 16.6. The molecule has 9 heterocycles. The molecule has 0 saturated carbocycles. The summed E-state index contributed by atoms with van der Waals surface area (Å²) >= 11 is 26.5. The zero-order valence-electron chi connectivity index (χ0n) is 88.3. The first kappa shape index (κ1) is 157. The van der Waals surface area contributed by atoms with Crippen molar-refractivity contribution in [3.8, 4) is 46.0 Å². The van der Waals surface area contributed by atoms with Gasteiger partial charge in [-0.1, -0.05) is 216 Å². The molecule has 0 bridgehead atoms. The van der Waals surface area contributed by atoms with Gasteiger partial charge in [-0.05, 0) is 208 Å². The molecule has 0 spiro atoms. The predicted molar refractivity (Wildman–Crippen MR) is 539 cm³/mol. The summed E-state index contributed by atoms with van der Waals surface area (Å²) in [5.74, 6) is 1.13. The van der Waals surface area contributed by atoms with Crippen molar-refractivity contribution in [2.24, 2.45) is 0 Å². The molecular weight excluding hydrogens is 2310 g/mol. The summed E-state index contributed by atoms with van der Waals surface area (Å²) in [5, 5.41) is 88.8. The molecule has 17 rings (SSSR count). The normalized spacial score (nSPS) is 14.7. The molecule has 8 aromatic rings. The van der Waals surface area contributed by atoms with E-state index in [1.54, 1.807) is 0 Å². The molecular formula is C100H136Br8Li8O26. The number of benzene rings is 8. The van der Waals surface area contributed by atoms with Crippen molar-refractivity contribution in [2.45, 2.75) is 111 Å². The number of aryl methyl sites for hydroxylation is 16. The molecule has 26 nitrogen and oxygen atoms in total. The van der Waals surface area contributed by atoms with Gasteiger partial charge in [-0.15, -0.1) is 46.0 Å². The molecule has 142 heavy (non-hydrogen) atoms. The third-order valence-corrected chi connectivity index (χ3v) is 21.8. The van der Waals surface area contributed by atoms with Crippen molar-refractivity contribution in [2.75, 3.05) is 238 Å². The van der Waals surface area contributed by atoms with Crippen LogP contribution in [0.1, 0.15) is 89.0 Å². The molecule has 0 atom stereocenters. The molecule has 9 aliphatic heterocycles. The van der Waals surface area contributed by atoms with Crippen LogP contribution in [0.4, 0.5) is 0 Å². The molecule has 9 fully saturated rings. The molecule has 756 valence electrons. The largest absolute Gasteiger partial charge is 1.00 e. The minimum absolute atomic E-state index is 0. The average molecular weight is 2450 g/mol. The summed E-state index contributed by atoms with van der Waals surface area (Å²) < 4.78 is 96.8. The van der Waals surface area contributed by atoms with Crippen molar-refractivity contribution in [3.05, 3.63) is 222 Å². The molecule has 8 aromatic carbocycles. The summed E-state index contributed by atoms with van der Waals surface area (Å²) in [7, 11) is 0. The Bertz CT molecular complexity index is 3340. The number of ether oxygens (including phenoxy) is 18. The Morgan fingerprint density at radius 1 is 0.120 bits per heavy atom. The molecule has 42 heteroatoms. The number of halogens is 8. The second-order valence-corrected chi connectivity index (χ2v) is 37.3. The van der Waals surface area contributed by atoms with Crippen LogP contribution in [0.3, 0.4) is 0 Å². The van der Waals surface area contributed by atoms with E-state index in [1.165, 1.54) is 0 Å². The summed E-state index contributed by atoms with van der Waals surface area (Å²) in [6.45, 7) is 57.1. The van der Waals surface area contributed by atoms with Gasteiger partial charge in [0, 0.05) is 35.8 Å². The second kappa shape index (κ2) is 100. The van der Waals surface area contributed by atoms with Gasteiger partial charge < -0.3 is 126 Å². The van der Waals surface area contributed by atoms with Gasteiger partial charge in [0.15, 0.2) is 0 Å². The Balaban J connectivity index is -0.000000224. The fraction of sp³-hybridized carbons (Fsp3) is 0.520. The topological polar surface area (TPSA) is 351 Å². The van der Waals surface area contributed by atoms with Crippen molar-refractivity contribution < 1.29 is 277 Å². The molecule has 9 aliphatic rings. The zero-order valence-corrected chi connectivity index (χ0v) is 101. The van der Waals surface area contributed by atoms with Gasteiger partial charge in [0.25, 0.3) is 0 Å². The van der Waals surface area contributed by atoms with E-state index in [1.807, 2.05) is 208 Å². The van der Waals surface area contributed by atoms with E-state index in [0.29, 0.717) is 0 Å². The monoisotopic (exact) mass is 2440 g/mol. The van der Waals surface area contributed by atoms with Crippen LogP contribution in [0.2, 0.25) is 0 Å². The molecule has 9 saturated heterocycles. The van der Waals surface area contributed by atoms with E-state index in [2.05, 4.69) is 127 Å². The molecule has 0 unspecified atom stereocenters. The number of rotatable bonds is 0. The zero-order chi connectivity index (χ0) is 100.0. The first-order chi connectivity index (χ1) is 63.9. The van der Waals surface area contributed by atoms with Gasteiger partial charge in [-0.3, -0.25) is 0 Å². The number of hydrogen-bond acceptors (Lipinski definition) is 26. The molecule has 0 radical (unpaired) electrons. The van der Waals surface area contributed by atoms with Gasteiger partial charge in [-0.25, -0.2) is 0 Å². The molecule has 0 N–H and O–H groups in total. The minimum atomic E-state index is 0. The Hall–Kier alpha value is 0.0592. The van der Waals surface area contributed by atoms with Crippen LogP contribution in [-0.4, -0.2) is 238 Å². The Kier molecular flexibility index (Phi) is 111. The van der Waals surface area contributed by atoms with Crippen LogP contribution in [0.25, 0.3) is 0 Å². The smallest absolute Gasteiger partial charge is 0.872 e. The van der Waals surface area contributed by atoms with Gasteiger partial charge in [0.2, 0.25) is 0 Å². The van der Waals surface area contributed by atoms with Gasteiger partial charge in [-0.2, -0.15) is 0 Å². The standard InChI is InChI=1S/8C8H9BrO.9C4H8O2.8Li/c8*1-5-3-7(9)4-6(2)8(5)10;9*1-2-6-4-3-5-1;;;;;;;;/h8*3-4,10H,1-2H3;9*1-4H2;;;;;;;;/q;;;;;;;;;;;;;;;;;8*+1/p-8. The maximum absolute atomic E-state index is 11.1. The van der Waals surface area contributed by atoms with E-state index in [4.69, 9.17) is 85.3 Å². The van der Waals surface area contributed by atoms with Crippen molar-refractivity contribution >= 4 is 127 Å². The Morgan fingerprint density at radius 2 is 0.162 bits per heavy atom. The van der Waals surface area contributed by atoms with Crippen molar-refractivity contribution in [1.82, 2.24) is 0 Å². The van der Waals surface area contributed by atoms with Crippen LogP contribution < -0.4 is 192 Å².